The van der Waals surface area contributed by atoms with Crippen LogP contribution in [-0.2, 0) is 14.8 Å². The lowest BCUT2D eigenvalue weighted by Crippen LogP contribution is -2.21. The zero-order valence-electron chi connectivity index (χ0n) is 10.6. The summed E-state index contributed by atoms with van der Waals surface area (Å²) in [6, 6.07) is 4.82. The van der Waals surface area contributed by atoms with Crippen molar-refractivity contribution in [2.45, 2.75) is 5.03 Å². The maximum absolute atomic E-state index is 11.8. The molecule has 0 aliphatic heterocycles. The number of aromatic nitrogens is 3. The summed E-state index contributed by atoms with van der Waals surface area (Å²) in [5.41, 5.74) is -0.270. The molecule has 21 heavy (non-hydrogen) atoms. The van der Waals surface area contributed by atoms with Crippen LogP contribution in [0.5, 0.6) is 0 Å². The van der Waals surface area contributed by atoms with Crippen molar-refractivity contribution in [3.63, 3.8) is 0 Å². The average Bonchev–Trinajstić information content (AvgIpc) is 2.90. The van der Waals surface area contributed by atoms with Crippen LogP contribution >= 0.6 is 11.6 Å². The highest BCUT2D eigenvalue weighted by molar-refractivity contribution is 7.89. The van der Waals surface area contributed by atoms with Gasteiger partial charge in [0.15, 0.2) is 10.8 Å². The van der Waals surface area contributed by atoms with Crippen LogP contribution < -0.4 is 5.14 Å². The van der Waals surface area contributed by atoms with Crippen molar-refractivity contribution in [2.24, 2.45) is 5.14 Å². The van der Waals surface area contributed by atoms with E-state index in [1.165, 1.54) is 12.3 Å². The number of esters is 1. The van der Waals surface area contributed by atoms with Crippen LogP contribution in [0.15, 0.2) is 35.6 Å². The summed E-state index contributed by atoms with van der Waals surface area (Å²) >= 11 is 5.41. The standard InChI is InChI=1S/C11H11ClN4O4S/c12-4-6-20-11(17)8-7-15-16(10(8)21(13,18)19)9-3-1-2-5-14-9/h1-3,5,7H,4,6H2,(H2,13,18,19). The van der Waals surface area contributed by atoms with Crippen LogP contribution in [0.1, 0.15) is 10.4 Å². The molecule has 2 rings (SSSR count). The lowest BCUT2D eigenvalue weighted by Gasteiger charge is -2.06. The fourth-order valence-electron chi connectivity index (χ4n) is 1.60. The first-order valence-corrected chi connectivity index (χ1v) is 7.78. The Kier molecular flexibility index (Phi) is 4.56. The second kappa shape index (κ2) is 6.20. The van der Waals surface area contributed by atoms with Crippen molar-refractivity contribution in [3.8, 4) is 5.82 Å². The molecule has 10 heteroatoms. The van der Waals surface area contributed by atoms with Crippen molar-refractivity contribution in [3.05, 3.63) is 36.2 Å². The predicted molar refractivity (Wildman–Crippen MR) is 73.7 cm³/mol. The number of carbonyl (C=O) groups excluding carboxylic acids is 1. The van der Waals surface area contributed by atoms with Gasteiger partial charge in [0.05, 0.1) is 12.1 Å². The van der Waals surface area contributed by atoms with Gasteiger partial charge in [-0.3, -0.25) is 0 Å². The average molecular weight is 331 g/mol. The lowest BCUT2D eigenvalue weighted by molar-refractivity contribution is 0.0524. The van der Waals surface area contributed by atoms with Crippen LogP contribution in [0.25, 0.3) is 5.82 Å². The fourth-order valence-corrected chi connectivity index (χ4v) is 2.50. The van der Waals surface area contributed by atoms with Crippen molar-refractivity contribution in [1.29, 1.82) is 0 Å². The maximum Gasteiger partial charge on any atom is 0.342 e. The number of primary sulfonamides is 1. The summed E-state index contributed by atoms with van der Waals surface area (Å²) in [5, 5.41) is 8.51. The molecule has 0 bridgehead atoms. The van der Waals surface area contributed by atoms with Crippen LogP contribution in [0.3, 0.4) is 0 Å². The Morgan fingerprint density at radius 1 is 1.43 bits per heavy atom. The Balaban J connectivity index is 2.55. The molecular formula is C11H11ClN4O4S. The molecule has 0 radical (unpaired) electrons. The molecule has 2 aromatic rings. The quantitative estimate of drug-likeness (QED) is 0.622. The van der Waals surface area contributed by atoms with E-state index in [1.807, 2.05) is 0 Å². The zero-order chi connectivity index (χ0) is 15.5. The van der Waals surface area contributed by atoms with Gasteiger partial charge in [-0.1, -0.05) is 6.07 Å². The van der Waals surface area contributed by atoms with Crippen LogP contribution in [0, 0.1) is 0 Å². The number of hydrogen-bond acceptors (Lipinski definition) is 6. The van der Waals surface area contributed by atoms with Gasteiger partial charge in [-0.25, -0.2) is 28.0 Å². The zero-order valence-corrected chi connectivity index (χ0v) is 12.2. The minimum absolute atomic E-state index is 0.0563. The second-order valence-corrected chi connectivity index (χ2v) is 5.69. The normalized spacial score (nSPS) is 11.3. The number of carbonyl (C=O) groups is 1. The number of sulfonamides is 1. The highest BCUT2D eigenvalue weighted by Gasteiger charge is 2.27. The first-order valence-electron chi connectivity index (χ1n) is 5.70. The number of rotatable bonds is 5. The summed E-state index contributed by atoms with van der Waals surface area (Å²) in [7, 11) is -4.21. The van der Waals surface area contributed by atoms with Gasteiger partial charge in [0, 0.05) is 6.20 Å². The number of pyridine rings is 1. The summed E-state index contributed by atoms with van der Waals surface area (Å²) < 4.78 is 29.2. The highest BCUT2D eigenvalue weighted by atomic mass is 35.5. The molecular weight excluding hydrogens is 320 g/mol. The molecule has 0 fully saturated rings. The molecule has 0 aliphatic rings. The van der Waals surface area contributed by atoms with Crippen LogP contribution in [0.4, 0.5) is 0 Å². The van der Waals surface area contributed by atoms with Crippen molar-refractivity contribution >= 4 is 27.6 Å². The number of hydrogen-bond donors (Lipinski definition) is 1. The minimum atomic E-state index is -4.21. The third-order valence-electron chi connectivity index (χ3n) is 2.39. The van der Waals surface area contributed by atoms with E-state index in [0.29, 0.717) is 0 Å². The molecule has 2 heterocycles. The maximum atomic E-state index is 11.8. The van der Waals surface area contributed by atoms with Gasteiger partial charge in [-0.05, 0) is 12.1 Å². The Morgan fingerprint density at radius 3 is 2.76 bits per heavy atom. The Bertz CT molecular complexity index is 745. The van der Waals surface area contributed by atoms with Gasteiger partial charge in [0.25, 0.3) is 10.0 Å². The molecule has 0 spiro atoms. The van der Waals surface area contributed by atoms with E-state index in [-0.39, 0.29) is 23.9 Å². The minimum Gasteiger partial charge on any atom is -0.461 e. The van der Waals surface area contributed by atoms with Crippen LogP contribution in [-0.4, -0.2) is 41.6 Å². The molecule has 0 saturated heterocycles. The third kappa shape index (κ3) is 3.38. The first kappa shape index (κ1) is 15.4. The molecule has 0 aromatic carbocycles. The van der Waals surface area contributed by atoms with Gasteiger partial charge in [-0.2, -0.15) is 5.10 Å². The summed E-state index contributed by atoms with van der Waals surface area (Å²) in [6.07, 6.45) is 2.51. The van der Waals surface area contributed by atoms with E-state index in [9.17, 15) is 13.2 Å². The van der Waals surface area contributed by atoms with Gasteiger partial charge in [0.1, 0.15) is 12.2 Å². The molecule has 0 amide bonds. The van der Waals surface area contributed by atoms with Crippen molar-refractivity contribution in [2.75, 3.05) is 12.5 Å². The lowest BCUT2D eigenvalue weighted by atomic mass is 10.4. The van der Waals surface area contributed by atoms with E-state index in [0.717, 1.165) is 10.9 Å². The molecule has 0 unspecified atom stereocenters. The number of nitrogens with two attached hydrogens (primary N) is 1. The van der Waals surface area contributed by atoms with Crippen molar-refractivity contribution in [1.82, 2.24) is 14.8 Å². The Morgan fingerprint density at radius 2 is 2.19 bits per heavy atom. The van der Waals surface area contributed by atoms with E-state index < -0.39 is 21.0 Å². The largest absolute Gasteiger partial charge is 0.461 e. The monoisotopic (exact) mass is 330 g/mol. The van der Waals surface area contributed by atoms with Gasteiger partial charge in [-0.15, -0.1) is 11.6 Å². The Hall–Kier alpha value is -1.97. The molecule has 0 atom stereocenters. The van der Waals surface area contributed by atoms with Gasteiger partial charge in [0.2, 0.25) is 0 Å². The molecule has 8 nitrogen and oxygen atoms in total. The van der Waals surface area contributed by atoms with Gasteiger partial charge >= 0.3 is 5.97 Å². The summed E-state index contributed by atoms with van der Waals surface area (Å²) in [6.45, 7) is -0.0563. The van der Waals surface area contributed by atoms with Gasteiger partial charge < -0.3 is 4.74 Å². The van der Waals surface area contributed by atoms with Crippen LogP contribution in [0.2, 0.25) is 0 Å². The molecule has 0 aliphatic carbocycles. The van der Waals surface area contributed by atoms with E-state index >= 15 is 0 Å². The fraction of sp³-hybridized carbons (Fsp3) is 0.182. The number of nitrogens with zero attached hydrogens (tertiary/aromatic N) is 3. The number of halogens is 1. The second-order valence-electron chi connectivity index (χ2n) is 3.83. The predicted octanol–water partition coefficient (Wildman–Crippen LogP) is 0.310. The molecule has 0 saturated carbocycles. The smallest absolute Gasteiger partial charge is 0.342 e. The Labute approximate surface area is 125 Å². The van der Waals surface area contributed by atoms with E-state index in [2.05, 4.69) is 10.1 Å². The third-order valence-corrected chi connectivity index (χ3v) is 3.48. The van der Waals surface area contributed by atoms with E-state index in [1.54, 1.807) is 12.1 Å². The summed E-state index contributed by atoms with van der Waals surface area (Å²) in [5.74, 6) is -0.579. The number of ether oxygens (including phenoxy) is 1. The topological polar surface area (TPSA) is 117 Å². The molecule has 2 aromatic heterocycles. The number of alkyl halides is 1. The van der Waals surface area contributed by atoms with Crippen molar-refractivity contribution < 1.29 is 17.9 Å². The first-order chi connectivity index (χ1) is 9.95. The summed E-state index contributed by atoms with van der Waals surface area (Å²) in [4.78, 5) is 15.8. The molecule has 112 valence electrons. The van der Waals surface area contributed by atoms with E-state index in [4.69, 9.17) is 21.5 Å². The SMILES string of the molecule is NS(=O)(=O)c1c(C(=O)OCCCl)cnn1-c1ccccn1. The molecule has 2 N–H and O–H groups in total. The highest BCUT2D eigenvalue weighted by Crippen LogP contribution is 2.18.